The third kappa shape index (κ3) is 4.11. The molecule has 1 aliphatic heterocycles. The largest absolute Gasteiger partial charge is 0.416 e. The highest BCUT2D eigenvalue weighted by atomic mass is 19.4. The number of alkyl halides is 3. The minimum absolute atomic E-state index is 0.362. The third-order valence-corrected chi connectivity index (χ3v) is 3.80. The van der Waals surface area contributed by atoms with Gasteiger partial charge in [0.2, 0.25) is 0 Å². The van der Waals surface area contributed by atoms with E-state index in [0.29, 0.717) is 24.6 Å². The van der Waals surface area contributed by atoms with Crippen molar-refractivity contribution < 1.29 is 13.2 Å². The lowest BCUT2D eigenvalue weighted by Gasteiger charge is -2.20. The van der Waals surface area contributed by atoms with Crippen molar-refractivity contribution in [3.05, 3.63) is 58.9 Å². The molecule has 0 bridgehead atoms. The molecule has 0 atom stereocenters. The van der Waals surface area contributed by atoms with Crippen molar-refractivity contribution in [2.75, 3.05) is 19.4 Å². The number of aromatic nitrogens is 1. The predicted molar refractivity (Wildman–Crippen MR) is 92.2 cm³/mol. The Labute approximate surface area is 144 Å². The zero-order chi connectivity index (χ0) is 18.0. The van der Waals surface area contributed by atoms with E-state index in [4.69, 9.17) is 0 Å². The van der Waals surface area contributed by atoms with Gasteiger partial charge in [0.1, 0.15) is 5.82 Å². The first-order chi connectivity index (χ1) is 11.8. The monoisotopic (exact) mass is 348 g/mol. The van der Waals surface area contributed by atoms with Crippen LogP contribution in [0.2, 0.25) is 0 Å². The normalized spacial score (nSPS) is 13.5. The zero-order valence-corrected chi connectivity index (χ0v) is 14.0. The molecule has 0 radical (unpaired) electrons. The second-order valence-electron chi connectivity index (χ2n) is 6.19. The Hall–Kier alpha value is -2.54. The molecule has 0 saturated carbocycles. The van der Waals surface area contributed by atoms with Gasteiger partial charge in [-0.2, -0.15) is 13.2 Å². The highest BCUT2D eigenvalue weighted by Crippen LogP contribution is 2.32. The minimum Gasteiger partial charge on any atom is -0.387 e. The van der Waals surface area contributed by atoms with Gasteiger partial charge in [0.15, 0.2) is 0 Å². The molecule has 2 aromatic rings. The molecule has 2 N–H and O–H groups in total. The van der Waals surface area contributed by atoms with Crippen molar-refractivity contribution in [2.24, 2.45) is 0 Å². The van der Waals surface area contributed by atoms with Crippen molar-refractivity contribution in [2.45, 2.75) is 19.3 Å². The molecular formula is C18H19F3N4. The summed E-state index contributed by atoms with van der Waals surface area (Å²) in [4.78, 5) is 6.60. The molecule has 0 aliphatic carbocycles. The SMILES string of the molecule is CN(C)Cc1cc2c(c(Nc3cccc(C(F)(F)F)c3)n1)CNC=C2. The van der Waals surface area contributed by atoms with Gasteiger partial charge < -0.3 is 15.5 Å². The predicted octanol–water partition coefficient (Wildman–Crippen LogP) is 3.98. The molecule has 0 unspecified atom stereocenters. The Kier molecular flexibility index (Phi) is 4.67. The third-order valence-electron chi connectivity index (χ3n) is 3.80. The maximum absolute atomic E-state index is 12.9. The molecule has 1 aromatic carbocycles. The van der Waals surface area contributed by atoms with Crippen LogP contribution >= 0.6 is 0 Å². The van der Waals surface area contributed by atoms with Crippen LogP contribution < -0.4 is 10.6 Å². The van der Waals surface area contributed by atoms with E-state index < -0.39 is 11.7 Å². The summed E-state index contributed by atoms with van der Waals surface area (Å²) in [6.07, 6.45) is -0.575. The Morgan fingerprint density at radius 3 is 2.76 bits per heavy atom. The topological polar surface area (TPSA) is 40.2 Å². The van der Waals surface area contributed by atoms with Crippen molar-refractivity contribution in [3.8, 4) is 0 Å². The van der Waals surface area contributed by atoms with Crippen LogP contribution in [0, 0.1) is 0 Å². The first-order valence-electron chi connectivity index (χ1n) is 7.84. The van der Waals surface area contributed by atoms with E-state index >= 15 is 0 Å². The van der Waals surface area contributed by atoms with E-state index in [1.807, 2.05) is 37.3 Å². The summed E-state index contributed by atoms with van der Waals surface area (Å²) in [5, 5.41) is 6.17. The number of anilines is 2. The van der Waals surface area contributed by atoms with Crippen LogP contribution in [0.5, 0.6) is 0 Å². The van der Waals surface area contributed by atoms with Crippen LogP contribution in [-0.2, 0) is 19.3 Å². The highest BCUT2D eigenvalue weighted by Gasteiger charge is 2.30. The second-order valence-corrected chi connectivity index (χ2v) is 6.19. The Balaban J connectivity index is 1.98. The van der Waals surface area contributed by atoms with Crippen LogP contribution in [0.15, 0.2) is 36.5 Å². The van der Waals surface area contributed by atoms with Crippen LogP contribution in [0.25, 0.3) is 6.08 Å². The number of hydrogen-bond donors (Lipinski definition) is 2. The minimum atomic E-state index is -4.37. The van der Waals surface area contributed by atoms with Gasteiger partial charge in [0, 0.05) is 24.3 Å². The number of rotatable bonds is 4. The molecular weight excluding hydrogens is 329 g/mol. The van der Waals surface area contributed by atoms with Gasteiger partial charge in [-0.15, -0.1) is 0 Å². The molecule has 132 valence electrons. The first kappa shape index (κ1) is 17.3. The molecule has 1 aromatic heterocycles. The van der Waals surface area contributed by atoms with E-state index in [1.54, 1.807) is 6.07 Å². The average Bonchev–Trinajstić information content (AvgIpc) is 2.54. The lowest BCUT2D eigenvalue weighted by atomic mass is 10.0. The highest BCUT2D eigenvalue weighted by molar-refractivity contribution is 5.68. The van der Waals surface area contributed by atoms with E-state index in [9.17, 15) is 13.2 Å². The number of fused-ring (bicyclic) bond motifs is 1. The lowest BCUT2D eigenvalue weighted by Crippen LogP contribution is -2.17. The number of pyridine rings is 1. The molecule has 4 nitrogen and oxygen atoms in total. The molecule has 7 heteroatoms. The van der Waals surface area contributed by atoms with Gasteiger partial charge in [0.05, 0.1) is 11.3 Å². The molecule has 1 aliphatic rings. The Morgan fingerprint density at radius 2 is 2.04 bits per heavy atom. The van der Waals surface area contributed by atoms with E-state index in [2.05, 4.69) is 15.6 Å². The summed E-state index contributed by atoms with van der Waals surface area (Å²) in [6, 6.07) is 7.15. The van der Waals surface area contributed by atoms with Crippen LogP contribution in [0.1, 0.15) is 22.4 Å². The van der Waals surface area contributed by atoms with E-state index in [1.165, 1.54) is 6.07 Å². The fourth-order valence-electron chi connectivity index (χ4n) is 2.71. The number of benzene rings is 1. The summed E-state index contributed by atoms with van der Waals surface area (Å²) in [5.41, 5.74) is 2.47. The van der Waals surface area contributed by atoms with Gasteiger partial charge in [-0.3, -0.25) is 0 Å². The quantitative estimate of drug-likeness (QED) is 0.877. The number of nitrogens with zero attached hydrogens (tertiary/aromatic N) is 2. The second kappa shape index (κ2) is 6.76. The summed E-state index contributed by atoms with van der Waals surface area (Å²) in [5.74, 6) is 0.575. The van der Waals surface area contributed by atoms with Crippen LogP contribution in [0.4, 0.5) is 24.7 Å². The van der Waals surface area contributed by atoms with Crippen molar-refractivity contribution in [1.82, 2.24) is 15.2 Å². The Morgan fingerprint density at radius 1 is 1.24 bits per heavy atom. The van der Waals surface area contributed by atoms with Crippen molar-refractivity contribution in [1.29, 1.82) is 0 Å². The smallest absolute Gasteiger partial charge is 0.387 e. The van der Waals surface area contributed by atoms with Gasteiger partial charge in [0.25, 0.3) is 0 Å². The summed E-state index contributed by atoms with van der Waals surface area (Å²) >= 11 is 0. The number of hydrogen-bond acceptors (Lipinski definition) is 4. The fourth-order valence-corrected chi connectivity index (χ4v) is 2.71. The maximum Gasteiger partial charge on any atom is 0.416 e. The summed E-state index contributed by atoms with van der Waals surface area (Å²) in [7, 11) is 3.89. The van der Waals surface area contributed by atoms with Crippen LogP contribution in [-0.4, -0.2) is 24.0 Å². The van der Waals surface area contributed by atoms with Crippen molar-refractivity contribution >= 4 is 17.6 Å². The molecule has 25 heavy (non-hydrogen) atoms. The van der Waals surface area contributed by atoms with E-state index in [-0.39, 0.29) is 0 Å². The molecule has 2 heterocycles. The van der Waals surface area contributed by atoms with Crippen molar-refractivity contribution in [3.63, 3.8) is 0 Å². The molecule has 0 fully saturated rings. The van der Waals surface area contributed by atoms with Gasteiger partial charge in [-0.05, 0) is 56.2 Å². The molecule has 0 spiro atoms. The lowest BCUT2D eigenvalue weighted by molar-refractivity contribution is -0.137. The standard InChI is InChI=1S/C18H19F3N4/c1-25(2)11-15-8-12-6-7-22-10-16(12)17(24-15)23-14-5-3-4-13(9-14)18(19,20)21/h3-9,22H,10-11H2,1-2H3,(H,23,24). The van der Waals surface area contributed by atoms with Gasteiger partial charge >= 0.3 is 6.18 Å². The number of nitrogens with one attached hydrogen (secondary N) is 2. The average molecular weight is 348 g/mol. The molecule has 3 rings (SSSR count). The van der Waals surface area contributed by atoms with Crippen LogP contribution in [0.3, 0.4) is 0 Å². The molecule has 0 amide bonds. The first-order valence-corrected chi connectivity index (χ1v) is 7.84. The molecule has 0 saturated heterocycles. The summed E-state index contributed by atoms with van der Waals surface area (Å²) in [6.45, 7) is 1.22. The Bertz CT molecular complexity index is 797. The fraction of sp³-hybridized carbons (Fsp3) is 0.278. The summed E-state index contributed by atoms with van der Waals surface area (Å²) < 4.78 is 38.8. The van der Waals surface area contributed by atoms with Gasteiger partial charge in [-0.1, -0.05) is 6.07 Å². The maximum atomic E-state index is 12.9. The van der Waals surface area contributed by atoms with E-state index in [0.717, 1.165) is 29.0 Å². The zero-order valence-electron chi connectivity index (χ0n) is 14.0. The van der Waals surface area contributed by atoms with Gasteiger partial charge in [-0.25, -0.2) is 4.98 Å². The number of halogens is 3.